The SMILES string of the molecule is C=CCOc1ccc(-c2nn(-c3ccccc3)cc2C=c2sc3ncnn3c2=O)cc1. The summed E-state index contributed by atoms with van der Waals surface area (Å²) in [5, 5.41) is 8.79. The van der Waals surface area contributed by atoms with Crippen LogP contribution in [0.4, 0.5) is 0 Å². The topological polar surface area (TPSA) is 74.3 Å². The van der Waals surface area contributed by atoms with Crippen LogP contribution in [0.1, 0.15) is 5.56 Å². The summed E-state index contributed by atoms with van der Waals surface area (Å²) in [6, 6.07) is 17.5. The first-order valence-corrected chi connectivity index (χ1v) is 10.4. The number of thiazole rings is 1. The van der Waals surface area contributed by atoms with Crippen LogP contribution in [0.2, 0.25) is 0 Å². The monoisotopic (exact) mass is 427 g/mol. The molecule has 0 saturated carbocycles. The lowest BCUT2D eigenvalue weighted by atomic mass is 10.1. The van der Waals surface area contributed by atoms with E-state index in [4.69, 9.17) is 9.84 Å². The molecule has 0 amide bonds. The zero-order chi connectivity index (χ0) is 21.2. The Hall–Kier alpha value is -4.04. The van der Waals surface area contributed by atoms with Gasteiger partial charge in [0.25, 0.3) is 5.56 Å². The number of rotatable bonds is 6. The second-order valence-electron chi connectivity index (χ2n) is 6.71. The van der Waals surface area contributed by atoms with Crippen molar-refractivity contribution in [3.63, 3.8) is 0 Å². The maximum Gasteiger partial charge on any atom is 0.291 e. The van der Waals surface area contributed by atoms with Crippen molar-refractivity contribution in [3.05, 3.63) is 100 Å². The highest BCUT2D eigenvalue weighted by molar-refractivity contribution is 7.15. The van der Waals surface area contributed by atoms with E-state index in [2.05, 4.69) is 16.7 Å². The predicted molar refractivity (Wildman–Crippen MR) is 121 cm³/mol. The van der Waals surface area contributed by atoms with Crippen LogP contribution in [0.5, 0.6) is 5.75 Å². The number of hydrogen-bond acceptors (Lipinski definition) is 6. The molecular formula is C23H17N5O2S. The minimum Gasteiger partial charge on any atom is -0.490 e. The summed E-state index contributed by atoms with van der Waals surface area (Å²) in [6.07, 6.45) is 6.84. The summed E-state index contributed by atoms with van der Waals surface area (Å²) in [6.45, 7) is 4.11. The molecule has 7 nitrogen and oxygen atoms in total. The zero-order valence-electron chi connectivity index (χ0n) is 16.4. The third-order valence-electron chi connectivity index (χ3n) is 4.67. The number of fused-ring (bicyclic) bond motifs is 1. The molecule has 31 heavy (non-hydrogen) atoms. The largest absolute Gasteiger partial charge is 0.490 e. The van der Waals surface area contributed by atoms with Crippen molar-refractivity contribution in [1.82, 2.24) is 24.4 Å². The molecule has 0 bridgehead atoms. The second-order valence-corrected chi connectivity index (χ2v) is 7.72. The van der Waals surface area contributed by atoms with Crippen LogP contribution in [-0.2, 0) is 0 Å². The minimum absolute atomic E-state index is 0.191. The number of benzene rings is 2. The molecule has 0 aliphatic heterocycles. The summed E-state index contributed by atoms with van der Waals surface area (Å²) in [4.78, 5) is 17.3. The van der Waals surface area contributed by atoms with E-state index in [1.807, 2.05) is 71.6 Å². The predicted octanol–water partition coefficient (Wildman–Crippen LogP) is 3.12. The van der Waals surface area contributed by atoms with Gasteiger partial charge in [0.05, 0.1) is 10.2 Å². The first-order valence-electron chi connectivity index (χ1n) is 9.56. The van der Waals surface area contributed by atoms with Crippen molar-refractivity contribution in [2.75, 3.05) is 6.61 Å². The summed E-state index contributed by atoms with van der Waals surface area (Å²) < 4.78 is 9.25. The Morgan fingerprint density at radius 2 is 1.90 bits per heavy atom. The van der Waals surface area contributed by atoms with Crippen LogP contribution in [0.3, 0.4) is 0 Å². The number of para-hydroxylation sites is 1. The number of hydrogen-bond donors (Lipinski definition) is 0. The molecule has 152 valence electrons. The van der Waals surface area contributed by atoms with Gasteiger partial charge in [-0.25, -0.2) is 9.67 Å². The van der Waals surface area contributed by atoms with E-state index in [0.717, 1.165) is 28.3 Å². The Kier molecular flexibility index (Phi) is 4.89. The lowest BCUT2D eigenvalue weighted by Crippen LogP contribution is -2.23. The molecule has 0 atom stereocenters. The molecule has 5 aromatic rings. The van der Waals surface area contributed by atoms with Gasteiger partial charge in [0.1, 0.15) is 24.4 Å². The molecule has 0 aliphatic rings. The number of aromatic nitrogens is 5. The Bertz CT molecular complexity index is 1470. The van der Waals surface area contributed by atoms with Gasteiger partial charge in [-0.1, -0.05) is 42.2 Å². The standard InChI is InChI=1S/C23H17N5O2S/c1-2-12-30-19-10-8-16(9-11-19)21-17(14-27(26-21)18-6-4-3-5-7-18)13-20-22(29)28-23(31-20)24-15-25-28/h2-11,13-15H,1,12H2. The van der Waals surface area contributed by atoms with Crippen LogP contribution in [0.15, 0.2) is 84.6 Å². The van der Waals surface area contributed by atoms with Crippen LogP contribution in [0.25, 0.3) is 28.0 Å². The molecule has 0 fully saturated rings. The van der Waals surface area contributed by atoms with Crippen molar-refractivity contribution in [2.24, 2.45) is 0 Å². The number of ether oxygens (including phenoxy) is 1. The molecule has 0 N–H and O–H groups in total. The van der Waals surface area contributed by atoms with E-state index in [9.17, 15) is 4.79 Å². The van der Waals surface area contributed by atoms with Gasteiger partial charge < -0.3 is 4.74 Å². The van der Waals surface area contributed by atoms with Gasteiger partial charge in [-0.15, -0.1) is 0 Å². The highest BCUT2D eigenvalue weighted by Crippen LogP contribution is 2.26. The average molecular weight is 427 g/mol. The maximum atomic E-state index is 12.7. The highest BCUT2D eigenvalue weighted by Gasteiger charge is 2.13. The van der Waals surface area contributed by atoms with Crippen molar-refractivity contribution < 1.29 is 4.74 Å². The molecule has 3 aromatic heterocycles. The molecule has 8 heteroatoms. The van der Waals surface area contributed by atoms with Crippen LogP contribution in [-0.4, -0.2) is 31.0 Å². The van der Waals surface area contributed by atoms with Gasteiger partial charge in [0.15, 0.2) is 0 Å². The summed E-state index contributed by atoms with van der Waals surface area (Å²) >= 11 is 1.30. The second kappa shape index (κ2) is 8.00. The molecule has 0 radical (unpaired) electrons. The van der Waals surface area contributed by atoms with E-state index in [1.54, 1.807) is 6.08 Å². The quantitative estimate of drug-likeness (QED) is 0.389. The van der Waals surface area contributed by atoms with Gasteiger partial charge >= 0.3 is 0 Å². The molecule has 0 unspecified atom stereocenters. The Morgan fingerprint density at radius 1 is 1.10 bits per heavy atom. The molecule has 0 aliphatic carbocycles. The molecule has 5 rings (SSSR count). The van der Waals surface area contributed by atoms with Gasteiger partial charge in [-0.2, -0.15) is 14.7 Å². The van der Waals surface area contributed by atoms with Crippen molar-refractivity contribution >= 4 is 22.4 Å². The normalized spacial score (nSPS) is 11.8. The summed E-state index contributed by atoms with van der Waals surface area (Å²) in [7, 11) is 0. The van der Waals surface area contributed by atoms with Crippen LogP contribution < -0.4 is 14.8 Å². The first kappa shape index (κ1) is 19.0. The van der Waals surface area contributed by atoms with Gasteiger partial charge in [0, 0.05) is 17.3 Å². The van der Waals surface area contributed by atoms with Crippen molar-refractivity contribution in [2.45, 2.75) is 0 Å². The van der Waals surface area contributed by atoms with Crippen LogP contribution >= 0.6 is 11.3 Å². The van der Waals surface area contributed by atoms with E-state index in [0.29, 0.717) is 16.1 Å². The minimum atomic E-state index is -0.191. The third-order valence-corrected chi connectivity index (χ3v) is 5.64. The fraction of sp³-hybridized carbons (Fsp3) is 0.0435. The summed E-state index contributed by atoms with van der Waals surface area (Å²) in [5.41, 5.74) is 3.24. The molecule has 0 spiro atoms. The fourth-order valence-electron chi connectivity index (χ4n) is 3.21. The van der Waals surface area contributed by atoms with E-state index in [1.165, 1.54) is 22.2 Å². The van der Waals surface area contributed by atoms with Crippen molar-refractivity contribution in [1.29, 1.82) is 0 Å². The summed E-state index contributed by atoms with van der Waals surface area (Å²) in [5.74, 6) is 0.754. The smallest absolute Gasteiger partial charge is 0.291 e. The molecule has 3 heterocycles. The van der Waals surface area contributed by atoms with Crippen molar-refractivity contribution in [3.8, 4) is 22.7 Å². The highest BCUT2D eigenvalue weighted by atomic mass is 32.1. The van der Waals surface area contributed by atoms with Gasteiger partial charge in [-0.3, -0.25) is 4.79 Å². The average Bonchev–Trinajstić information content (AvgIpc) is 3.51. The van der Waals surface area contributed by atoms with E-state index < -0.39 is 0 Å². The van der Waals surface area contributed by atoms with Crippen LogP contribution in [0, 0.1) is 0 Å². The molecule has 0 saturated heterocycles. The fourth-order valence-corrected chi connectivity index (χ4v) is 4.09. The molecule has 2 aromatic carbocycles. The Morgan fingerprint density at radius 3 is 2.65 bits per heavy atom. The third kappa shape index (κ3) is 3.64. The maximum absolute atomic E-state index is 12.7. The van der Waals surface area contributed by atoms with E-state index in [-0.39, 0.29) is 5.56 Å². The Balaban J connectivity index is 1.64. The lowest BCUT2D eigenvalue weighted by molar-refractivity contribution is 0.363. The van der Waals surface area contributed by atoms with Gasteiger partial charge in [-0.05, 0) is 42.5 Å². The zero-order valence-corrected chi connectivity index (χ0v) is 17.2. The molecular weight excluding hydrogens is 410 g/mol. The van der Waals surface area contributed by atoms with Gasteiger partial charge in [0.2, 0.25) is 4.96 Å². The van der Waals surface area contributed by atoms with E-state index >= 15 is 0 Å². The lowest BCUT2D eigenvalue weighted by Gasteiger charge is -2.04. The number of nitrogens with zero attached hydrogens (tertiary/aromatic N) is 5. The Labute approximate surface area is 181 Å². The first-order chi connectivity index (χ1) is 15.2.